The van der Waals surface area contributed by atoms with Crippen molar-refractivity contribution in [2.45, 2.75) is 13.0 Å². The van der Waals surface area contributed by atoms with E-state index in [9.17, 15) is 9.59 Å². The first-order valence-corrected chi connectivity index (χ1v) is 8.94. The van der Waals surface area contributed by atoms with Gasteiger partial charge in [-0.15, -0.1) is 0 Å². The van der Waals surface area contributed by atoms with E-state index in [4.69, 9.17) is 25.8 Å². The van der Waals surface area contributed by atoms with Gasteiger partial charge < -0.3 is 19.5 Å². The summed E-state index contributed by atoms with van der Waals surface area (Å²) in [5.74, 6) is 0.219. The summed E-state index contributed by atoms with van der Waals surface area (Å²) in [5.41, 5.74) is 1.75. The number of fused-ring (bicyclic) bond motifs is 2. The van der Waals surface area contributed by atoms with Crippen LogP contribution in [0.3, 0.4) is 0 Å². The number of halogens is 1. The third-order valence-electron chi connectivity index (χ3n) is 4.19. The van der Waals surface area contributed by atoms with Crippen LogP contribution < -0.4 is 14.8 Å². The van der Waals surface area contributed by atoms with Gasteiger partial charge in [0.2, 0.25) is 6.79 Å². The standard InChI is InChI=1S/C19H16ClN3O5/c20-13-7-11(8-15-18(13)28-10-27-15)9-26-16(24)5-6-21-19(25)17-12-3-1-2-4-14(12)22-23-17/h1-4,7-8H,5-6,9-10H2,(H,21,25)(H,22,23). The Bertz CT molecular complexity index is 1050. The number of carbonyl (C=O) groups is 2. The summed E-state index contributed by atoms with van der Waals surface area (Å²) < 4.78 is 15.7. The van der Waals surface area contributed by atoms with Crippen LogP contribution in [0.4, 0.5) is 0 Å². The van der Waals surface area contributed by atoms with Crippen molar-refractivity contribution in [2.75, 3.05) is 13.3 Å². The summed E-state index contributed by atoms with van der Waals surface area (Å²) in [4.78, 5) is 24.2. The number of aromatic nitrogens is 2. The van der Waals surface area contributed by atoms with Crippen molar-refractivity contribution in [3.8, 4) is 11.5 Å². The lowest BCUT2D eigenvalue weighted by Gasteiger charge is -2.07. The van der Waals surface area contributed by atoms with Crippen LogP contribution in [-0.2, 0) is 16.1 Å². The highest BCUT2D eigenvalue weighted by Gasteiger charge is 2.19. The molecule has 2 N–H and O–H groups in total. The zero-order valence-corrected chi connectivity index (χ0v) is 15.4. The number of ether oxygens (including phenoxy) is 3. The Kier molecular flexibility index (Phi) is 5.03. The summed E-state index contributed by atoms with van der Waals surface area (Å²) >= 11 is 6.10. The molecule has 1 aromatic heterocycles. The smallest absolute Gasteiger partial charge is 0.307 e. The van der Waals surface area contributed by atoms with E-state index >= 15 is 0 Å². The van der Waals surface area contributed by atoms with E-state index in [-0.39, 0.29) is 32.3 Å². The number of nitrogens with one attached hydrogen (secondary N) is 2. The molecule has 1 aliphatic rings. The third-order valence-corrected chi connectivity index (χ3v) is 4.47. The van der Waals surface area contributed by atoms with Crippen LogP contribution in [0.25, 0.3) is 10.9 Å². The lowest BCUT2D eigenvalue weighted by Crippen LogP contribution is -2.27. The quantitative estimate of drug-likeness (QED) is 0.616. The summed E-state index contributed by atoms with van der Waals surface area (Å²) in [6.45, 7) is 0.303. The molecule has 0 atom stereocenters. The molecule has 8 nitrogen and oxygen atoms in total. The zero-order valence-electron chi connectivity index (χ0n) is 14.7. The second-order valence-corrected chi connectivity index (χ2v) is 6.50. The van der Waals surface area contributed by atoms with Crippen molar-refractivity contribution in [2.24, 2.45) is 0 Å². The van der Waals surface area contributed by atoms with Crippen LogP contribution >= 0.6 is 11.6 Å². The van der Waals surface area contributed by atoms with Gasteiger partial charge >= 0.3 is 5.97 Å². The molecule has 0 radical (unpaired) electrons. The van der Waals surface area contributed by atoms with Crippen molar-refractivity contribution >= 4 is 34.4 Å². The molecule has 0 saturated carbocycles. The van der Waals surface area contributed by atoms with Crippen LogP contribution in [0.5, 0.6) is 11.5 Å². The van der Waals surface area contributed by atoms with Crippen LogP contribution in [0, 0.1) is 0 Å². The van der Waals surface area contributed by atoms with Gasteiger partial charge in [-0.2, -0.15) is 5.10 Å². The minimum absolute atomic E-state index is 0.0341. The topological polar surface area (TPSA) is 103 Å². The number of esters is 1. The van der Waals surface area contributed by atoms with E-state index in [0.29, 0.717) is 27.8 Å². The molecule has 144 valence electrons. The van der Waals surface area contributed by atoms with Crippen LogP contribution in [0.15, 0.2) is 36.4 Å². The van der Waals surface area contributed by atoms with E-state index in [2.05, 4.69) is 15.5 Å². The second-order valence-electron chi connectivity index (χ2n) is 6.10. The molecule has 28 heavy (non-hydrogen) atoms. The Morgan fingerprint density at radius 2 is 2.11 bits per heavy atom. The lowest BCUT2D eigenvalue weighted by atomic mass is 10.2. The second kappa shape index (κ2) is 7.77. The van der Waals surface area contributed by atoms with Gasteiger partial charge in [-0.05, 0) is 23.8 Å². The number of benzene rings is 2. The van der Waals surface area contributed by atoms with Gasteiger partial charge in [0.25, 0.3) is 5.91 Å². The van der Waals surface area contributed by atoms with E-state index < -0.39 is 5.97 Å². The molecule has 2 heterocycles. The average molecular weight is 402 g/mol. The van der Waals surface area contributed by atoms with Gasteiger partial charge in [0.15, 0.2) is 17.2 Å². The number of aromatic amines is 1. The molecule has 0 bridgehead atoms. The number of rotatable bonds is 6. The third kappa shape index (κ3) is 3.72. The minimum atomic E-state index is -0.444. The zero-order chi connectivity index (χ0) is 19.5. The molecule has 3 aromatic rings. The molecule has 1 amide bonds. The van der Waals surface area contributed by atoms with Crippen molar-refractivity contribution in [1.82, 2.24) is 15.5 Å². The highest BCUT2D eigenvalue weighted by Crippen LogP contribution is 2.39. The number of H-pyrrole nitrogens is 1. The normalized spacial score (nSPS) is 12.2. The minimum Gasteiger partial charge on any atom is -0.461 e. The lowest BCUT2D eigenvalue weighted by molar-refractivity contribution is -0.144. The number of amides is 1. The predicted molar refractivity (Wildman–Crippen MR) is 100 cm³/mol. The van der Waals surface area contributed by atoms with Gasteiger partial charge in [0.1, 0.15) is 6.61 Å². The van der Waals surface area contributed by atoms with Crippen molar-refractivity contribution in [3.63, 3.8) is 0 Å². The number of hydrogen-bond acceptors (Lipinski definition) is 6. The summed E-state index contributed by atoms with van der Waals surface area (Å²) in [6, 6.07) is 10.7. The van der Waals surface area contributed by atoms with Gasteiger partial charge in [0.05, 0.1) is 17.0 Å². The number of hydrogen-bond donors (Lipinski definition) is 2. The van der Waals surface area contributed by atoms with E-state index in [1.54, 1.807) is 18.2 Å². The molecular formula is C19H16ClN3O5. The van der Waals surface area contributed by atoms with Gasteiger partial charge in [0, 0.05) is 11.9 Å². The molecular weight excluding hydrogens is 386 g/mol. The number of carbonyl (C=O) groups excluding carboxylic acids is 2. The Labute approximate surface area is 164 Å². The molecule has 2 aromatic carbocycles. The van der Waals surface area contributed by atoms with E-state index in [1.165, 1.54) is 0 Å². The first-order chi connectivity index (χ1) is 13.6. The van der Waals surface area contributed by atoms with Crippen molar-refractivity contribution in [1.29, 1.82) is 0 Å². The van der Waals surface area contributed by atoms with E-state index in [1.807, 2.05) is 18.2 Å². The monoisotopic (exact) mass is 401 g/mol. The fourth-order valence-corrected chi connectivity index (χ4v) is 3.13. The first-order valence-electron chi connectivity index (χ1n) is 8.57. The molecule has 9 heteroatoms. The highest BCUT2D eigenvalue weighted by atomic mass is 35.5. The summed E-state index contributed by atoms with van der Waals surface area (Å²) in [6.07, 6.45) is 0.0341. The summed E-state index contributed by atoms with van der Waals surface area (Å²) in [5, 5.41) is 10.6. The van der Waals surface area contributed by atoms with Crippen LogP contribution in [0.2, 0.25) is 5.02 Å². The highest BCUT2D eigenvalue weighted by molar-refractivity contribution is 6.32. The fraction of sp³-hybridized carbons (Fsp3) is 0.211. The molecule has 0 saturated heterocycles. The first kappa shape index (κ1) is 18.1. The molecule has 4 rings (SSSR count). The van der Waals surface area contributed by atoms with Crippen molar-refractivity contribution in [3.05, 3.63) is 52.7 Å². The molecule has 1 aliphatic heterocycles. The Morgan fingerprint density at radius 1 is 1.25 bits per heavy atom. The predicted octanol–water partition coefficient (Wildman–Crippen LogP) is 2.81. The van der Waals surface area contributed by atoms with Crippen LogP contribution in [0.1, 0.15) is 22.5 Å². The van der Waals surface area contributed by atoms with Gasteiger partial charge in [-0.25, -0.2) is 0 Å². The Morgan fingerprint density at radius 3 is 3.00 bits per heavy atom. The molecule has 0 spiro atoms. The van der Waals surface area contributed by atoms with Crippen molar-refractivity contribution < 1.29 is 23.8 Å². The van der Waals surface area contributed by atoms with Gasteiger partial charge in [-0.1, -0.05) is 29.8 Å². The number of nitrogens with zero attached hydrogens (tertiary/aromatic N) is 1. The molecule has 0 aliphatic carbocycles. The Hall–Kier alpha value is -3.26. The molecule has 0 unspecified atom stereocenters. The maximum absolute atomic E-state index is 12.2. The maximum atomic E-state index is 12.2. The molecule has 0 fully saturated rings. The van der Waals surface area contributed by atoms with Gasteiger partial charge in [-0.3, -0.25) is 14.7 Å². The Balaban J connectivity index is 1.26. The number of para-hydroxylation sites is 1. The largest absolute Gasteiger partial charge is 0.461 e. The summed E-state index contributed by atoms with van der Waals surface area (Å²) in [7, 11) is 0. The fourth-order valence-electron chi connectivity index (χ4n) is 2.84. The SMILES string of the molecule is O=C(CCNC(=O)c1n[nH]c2ccccc12)OCc1cc(Cl)c2c(c1)OCO2. The maximum Gasteiger partial charge on any atom is 0.307 e. The average Bonchev–Trinajstić information content (AvgIpc) is 3.33. The van der Waals surface area contributed by atoms with E-state index in [0.717, 1.165) is 10.9 Å². The van der Waals surface area contributed by atoms with Crippen LogP contribution in [-0.4, -0.2) is 35.4 Å².